The van der Waals surface area contributed by atoms with Gasteiger partial charge >= 0.3 is 0 Å². The predicted octanol–water partition coefficient (Wildman–Crippen LogP) is 1.75. The lowest BCUT2D eigenvalue weighted by molar-refractivity contribution is 0.363. The molecule has 78 valence electrons. The Labute approximate surface area is 88.3 Å². The van der Waals surface area contributed by atoms with Crippen LogP contribution in [0.2, 0.25) is 0 Å². The molecule has 2 rings (SSSR count). The molecular weight excluding hydrogens is 196 g/mol. The van der Waals surface area contributed by atoms with Gasteiger partial charge < -0.3 is 10.6 Å². The molecule has 0 saturated carbocycles. The summed E-state index contributed by atoms with van der Waals surface area (Å²) in [6.45, 7) is 5.63. The highest BCUT2D eigenvalue weighted by Gasteiger charge is 2.26. The van der Waals surface area contributed by atoms with E-state index in [-0.39, 0.29) is 0 Å². The Balaban J connectivity index is 2.17. The zero-order valence-corrected chi connectivity index (χ0v) is 9.42. The van der Waals surface area contributed by atoms with Crippen LogP contribution in [0.3, 0.4) is 0 Å². The van der Waals surface area contributed by atoms with Crippen LogP contribution in [-0.4, -0.2) is 21.9 Å². The average molecular weight is 212 g/mol. The normalized spacial score (nSPS) is 28.0. The Morgan fingerprint density at radius 1 is 1.50 bits per heavy atom. The Morgan fingerprint density at radius 3 is 2.93 bits per heavy atom. The highest BCUT2D eigenvalue weighted by molar-refractivity contribution is 7.09. The standard InChI is InChI=1S/C9H16N4S/c1-6-4-3-5-13(7(6)2)9-11-8(10)12-14-9/h6-7H,3-5H2,1-2H3,(H2,10,12). The number of rotatable bonds is 1. The van der Waals surface area contributed by atoms with E-state index >= 15 is 0 Å². The Morgan fingerprint density at radius 2 is 2.29 bits per heavy atom. The van der Waals surface area contributed by atoms with Gasteiger partial charge in [0.2, 0.25) is 11.1 Å². The van der Waals surface area contributed by atoms with E-state index in [1.807, 2.05) is 0 Å². The molecule has 1 aromatic rings. The van der Waals surface area contributed by atoms with Crippen LogP contribution in [0.4, 0.5) is 11.1 Å². The number of nitrogens with zero attached hydrogens (tertiary/aromatic N) is 3. The minimum absolute atomic E-state index is 0.399. The van der Waals surface area contributed by atoms with Crippen LogP contribution in [0, 0.1) is 5.92 Å². The first kappa shape index (κ1) is 9.71. The van der Waals surface area contributed by atoms with Gasteiger partial charge in [-0.2, -0.15) is 9.36 Å². The van der Waals surface area contributed by atoms with Gasteiger partial charge in [-0.1, -0.05) is 6.92 Å². The maximum absolute atomic E-state index is 5.53. The molecule has 14 heavy (non-hydrogen) atoms. The molecule has 2 unspecified atom stereocenters. The molecule has 2 N–H and O–H groups in total. The highest BCUT2D eigenvalue weighted by Crippen LogP contribution is 2.29. The van der Waals surface area contributed by atoms with Crippen molar-refractivity contribution in [1.82, 2.24) is 9.36 Å². The molecule has 1 aliphatic rings. The van der Waals surface area contributed by atoms with Crippen LogP contribution in [0.15, 0.2) is 0 Å². The van der Waals surface area contributed by atoms with Crippen molar-refractivity contribution in [3.63, 3.8) is 0 Å². The molecule has 0 radical (unpaired) electrons. The minimum Gasteiger partial charge on any atom is -0.367 e. The second kappa shape index (κ2) is 3.73. The topological polar surface area (TPSA) is 55.0 Å². The molecule has 0 aromatic carbocycles. The molecule has 5 heteroatoms. The van der Waals surface area contributed by atoms with Gasteiger partial charge in [-0.25, -0.2) is 0 Å². The minimum atomic E-state index is 0.399. The summed E-state index contributed by atoms with van der Waals surface area (Å²) in [4.78, 5) is 6.55. The van der Waals surface area contributed by atoms with E-state index in [1.54, 1.807) is 0 Å². The fourth-order valence-electron chi connectivity index (χ4n) is 1.95. The van der Waals surface area contributed by atoms with Crippen LogP contribution in [0.1, 0.15) is 26.7 Å². The first-order chi connectivity index (χ1) is 6.68. The Kier molecular flexibility index (Phi) is 2.58. The molecule has 2 heterocycles. The van der Waals surface area contributed by atoms with Crippen molar-refractivity contribution in [2.24, 2.45) is 5.92 Å². The Hall–Kier alpha value is -0.840. The van der Waals surface area contributed by atoms with Crippen molar-refractivity contribution in [3.05, 3.63) is 0 Å². The summed E-state index contributed by atoms with van der Waals surface area (Å²) in [6.07, 6.45) is 2.55. The summed E-state index contributed by atoms with van der Waals surface area (Å²) in [5.74, 6) is 1.13. The third-order valence-corrected chi connectivity index (χ3v) is 3.82. The first-order valence-corrected chi connectivity index (χ1v) is 5.81. The highest BCUT2D eigenvalue weighted by atomic mass is 32.1. The molecule has 1 fully saturated rings. The van der Waals surface area contributed by atoms with Crippen molar-refractivity contribution >= 4 is 22.6 Å². The zero-order chi connectivity index (χ0) is 10.1. The largest absolute Gasteiger partial charge is 0.367 e. The van der Waals surface area contributed by atoms with E-state index < -0.39 is 0 Å². The molecule has 4 nitrogen and oxygen atoms in total. The summed E-state index contributed by atoms with van der Waals surface area (Å²) in [7, 11) is 0. The van der Waals surface area contributed by atoms with E-state index in [0.29, 0.717) is 12.0 Å². The van der Waals surface area contributed by atoms with E-state index in [4.69, 9.17) is 5.73 Å². The van der Waals surface area contributed by atoms with Crippen molar-refractivity contribution < 1.29 is 0 Å². The quantitative estimate of drug-likeness (QED) is 0.770. The average Bonchev–Trinajstić information content (AvgIpc) is 2.57. The molecule has 0 amide bonds. The molecular formula is C9H16N4S. The lowest BCUT2D eigenvalue weighted by atomic mass is 9.93. The van der Waals surface area contributed by atoms with Crippen LogP contribution in [0.25, 0.3) is 0 Å². The fraction of sp³-hybridized carbons (Fsp3) is 0.778. The number of nitrogens with two attached hydrogens (primary N) is 1. The van der Waals surface area contributed by atoms with Crippen molar-refractivity contribution in [2.75, 3.05) is 17.2 Å². The van der Waals surface area contributed by atoms with Gasteiger partial charge in [0.25, 0.3) is 0 Å². The molecule has 1 aliphatic heterocycles. The van der Waals surface area contributed by atoms with E-state index in [0.717, 1.165) is 17.6 Å². The van der Waals surface area contributed by atoms with Crippen LogP contribution < -0.4 is 10.6 Å². The molecule has 0 aliphatic carbocycles. The zero-order valence-electron chi connectivity index (χ0n) is 8.60. The van der Waals surface area contributed by atoms with Crippen molar-refractivity contribution in [1.29, 1.82) is 0 Å². The van der Waals surface area contributed by atoms with Gasteiger partial charge in [0.05, 0.1) is 0 Å². The van der Waals surface area contributed by atoms with Crippen LogP contribution in [0.5, 0.6) is 0 Å². The van der Waals surface area contributed by atoms with E-state index in [2.05, 4.69) is 28.1 Å². The summed E-state index contributed by atoms with van der Waals surface area (Å²) < 4.78 is 4.02. The van der Waals surface area contributed by atoms with Crippen molar-refractivity contribution in [3.8, 4) is 0 Å². The molecule has 2 atom stereocenters. The number of nitrogen functional groups attached to an aromatic ring is 1. The second-order valence-corrected chi connectivity index (χ2v) is 4.72. The van der Waals surface area contributed by atoms with Gasteiger partial charge in [0, 0.05) is 24.1 Å². The Bertz CT molecular complexity index is 312. The number of hydrogen-bond acceptors (Lipinski definition) is 5. The summed E-state index contributed by atoms with van der Waals surface area (Å²) >= 11 is 1.40. The number of hydrogen-bond donors (Lipinski definition) is 1. The van der Waals surface area contributed by atoms with Gasteiger partial charge in [0.1, 0.15) is 0 Å². The third-order valence-electron chi connectivity index (χ3n) is 3.05. The maximum atomic E-state index is 5.53. The fourth-order valence-corrected chi connectivity index (χ4v) is 2.66. The maximum Gasteiger partial charge on any atom is 0.233 e. The molecule has 1 aromatic heterocycles. The van der Waals surface area contributed by atoms with E-state index in [1.165, 1.54) is 24.4 Å². The van der Waals surface area contributed by atoms with Crippen LogP contribution in [-0.2, 0) is 0 Å². The SMILES string of the molecule is CC1CCCN(c2nc(N)ns2)C1C. The second-order valence-electron chi connectivity index (χ2n) is 3.99. The van der Waals surface area contributed by atoms with E-state index in [9.17, 15) is 0 Å². The third kappa shape index (κ3) is 1.68. The number of aromatic nitrogens is 2. The van der Waals surface area contributed by atoms with Gasteiger partial charge in [-0.15, -0.1) is 0 Å². The van der Waals surface area contributed by atoms with Crippen LogP contribution >= 0.6 is 11.5 Å². The lowest BCUT2D eigenvalue weighted by Crippen LogP contribution is -2.42. The van der Waals surface area contributed by atoms with Gasteiger partial charge in [-0.3, -0.25) is 0 Å². The lowest BCUT2D eigenvalue weighted by Gasteiger charge is -2.37. The summed E-state index contributed by atoms with van der Waals surface area (Å²) in [6, 6.07) is 0.552. The predicted molar refractivity (Wildman–Crippen MR) is 59.5 cm³/mol. The first-order valence-electron chi connectivity index (χ1n) is 5.04. The summed E-state index contributed by atoms with van der Waals surface area (Å²) in [5.41, 5.74) is 5.53. The molecule has 0 spiro atoms. The molecule has 1 saturated heterocycles. The number of anilines is 2. The number of piperidine rings is 1. The molecule has 0 bridgehead atoms. The van der Waals surface area contributed by atoms with Crippen molar-refractivity contribution in [2.45, 2.75) is 32.7 Å². The summed E-state index contributed by atoms with van der Waals surface area (Å²) in [5, 5.41) is 0.974. The monoisotopic (exact) mass is 212 g/mol. The van der Waals surface area contributed by atoms with Gasteiger partial charge in [0.15, 0.2) is 0 Å². The smallest absolute Gasteiger partial charge is 0.233 e. The van der Waals surface area contributed by atoms with Gasteiger partial charge in [-0.05, 0) is 25.7 Å².